The van der Waals surface area contributed by atoms with E-state index in [0.717, 1.165) is 12.1 Å². The van der Waals surface area contributed by atoms with Crippen LogP contribution < -0.4 is 10.8 Å². The number of hydrogen-bond donors (Lipinski definition) is 3. The van der Waals surface area contributed by atoms with Crippen molar-refractivity contribution in [3.63, 3.8) is 0 Å². The summed E-state index contributed by atoms with van der Waals surface area (Å²) in [5, 5.41) is 21.2. The summed E-state index contributed by atoms with van der Waals surface area (Å²) in [5.41, 5.74) is 1.50. The SMILES string of the molecule is CCNCc1ccccc1B(O)O. The van der Waals surface area contributed by atoms with E-state index < -0.39 is 7.12 Å². The molecule has 13 heavy (non-hydrogen) atoms. The zero-order chi connectivity index (χ0) is 9.68. The van der Waals surface area contributed by atoms with Crippen molar-refractivity contribution in [3.8, 4) is 0 Å². The molecule has 0 heterocycles. The standard InChI is InChI=1S/C9H14BNO2/c1-2-11-7-8-5-3-4-6-9(8)10(12)13/h3-6,11-13H,2,7H2,1H3. The Morgan fingerprint density at radius 2 is 2.00 bits per heavy atom. The van der Waals surface area contributed by atoms with Crippen LogP contribution in [0.2, 0.25) is 0 Å². The Balaban J connectivity index is 2.78. The van der Waals surface area contributed by atoms with Crippen LogP contribution in [0.1, 0.15) is 12.5 Å². The molecular formula is C9H14BNO2. The van der Waals surface area contributed by atoms with Gasteiger partial charge in [-0.15, -0.1) is 0 Å². The summed E-state index contributed by atoms with van der Waals surface area (Å²) in [6, 6.07) is 7.29. The number of nitrogens with one attached hydrogen (secondary N) is 1. The third-order valence-corrected chi connectivity index (χ3v) is 1.90. The van der Waals surface area contributed by atoms with E-state index >= 15 is 0 Å². The Hall–Kier alpha value is -0.835. The Morgan fingerprint density at radius 1 is 1.31 bits per heavy atom. The molecule has 4 heteroatoms. The van der Waals surface area contributed by atoms with Gasteiger partial charge in [-0.25, -0.2) is 0 Å². The third kappa shape index (κ3) is 2.84. The average Bonchev–Trinajstić information content (AvgIpc) is 2.15. The van der Waals surface area contributed by atoms with Gasteiger partial charge in [0, 0.05) is 6.54 Å². The molecule has 0 aliphatic carbocycles. The van der Waals surface area contributed by atoms with Crippen LogP contribution in [0.4, 0.5) is 0 Å². The molecule has 1 aromatic rings. The molecule has 0 aliphatic heterocycles. The zero-order valence-corrected chi connectivity index (χ0v) is 7.70. The van der Waals surface area contributed by atoms with Gasteiger partial charge in [-0.2, -0.15) is 0 Å². The van der Waals surface area contributed by atoms with E-state index in [0.29, 0.717) is 12.0 Å². The van der Waals surface area contributed by atoms with Gasteiger partial charge in [0.15, 0.2) is 0 Å². The maximum absolute atomic E-state index is 9.03. The number of rotatable bonds is 4. The fourth-order valence-corrected chi connectivity index (χ4v) is 1.21. The molecule has 0 saturated heterocycles. The van der Waals surface area contributed by atoms with Gasteiger partial charge in [0.25, 0.3) is 0 Å². The van der Waals surface area contributed by atoms with E-state index in [1.165, 1.54) is 0 Å². The van der Waals surface area contributed by atoms with Crippen LogP contribution in [-0.4, -0.2) is 23.7 Å². The van der Waals surface area contributed by atoms with Crippen LogP contribution in [0.3, 0.4) is 0 Å². The predicted octanol–water partition coefficient (Wildman–Crippen LogP) is -0.524. The molecule has 0 aromatic heterocycles. The first-order chi connectivity index (χ1) is 6.25. The van der Waals surface area contributed by atoms with Crippen molar-refractivity contribution in [2.75, 3.05) is 6.54 Å². The van der Waals surface area contributed by atoms with Gasteiger partial charge in [0.05, 0.1) is 0 Å². The average molecular weight is 179 g/mol. The topological polar surface area (TPSA) is 52.5 Å². The van der Waals surface area contributed by atoms with Gasteiger partial charge >= 0.3 is 7.12 Å². The smallest absolute Gasteiger partial charge is 0.423 e. The lowest BCUT2D eigenvalue weighted by molar-refractivity contribution is 0.425. The van der Waals surface area contributed by atoms with Gasteiger partial charge in [-0.1, -0.05) is 31.2 Å². The Kier molecular flexibility index (Phi) is 3.95. The molecule has 0 aliphatic rings. The van der Waals surface area contributed by atoms with Crippen LogP contribution in [0.15, 0.2) is 24.3 Å². The van der Waals surface area contributed by atoms with Crippen molar-refractivity contribution in [2.24, 2.45) is 0 Å². The van der Waals surface area contributed by atoms with Crippen molar-refractivity contribution in [3.05, 3.63) is 29.8 Å². The second kappa shape index (κ2) is 5.02. The van der Waals surface area contributed by atoms with E-state index in [-0.39, 0.29) is 0 Å². The minimum Gasteiger partial charge on any atom is -0.423 e. The summed E-state index contributed by atoms with van der Waals surface area (Å²) in [5.74, 6) is 0. The molecule has 0 radical (unpaired) electrons. The highest BCUT2D eigenvalue weighted by Crippen LogP contribution is 1.96. The summed E-state index contributed by atoms with van der Waals surface area (Å²) in [4.78, 5) is 0. The fourth-order valence-electron chi connectivity index (χ4n) is 1.21. The van der Waals surface area contributed by atoms with Gasteiger partial charge < -0.3 is 15.4 Å². The fraction of sp³-hybridized carbons (Fsp3) is 0.333. The summed E-state index contributed by atoms with van der Waals surface area (Å²) >= 11 is 0. The lowest BCUT2D eigenvalue weighted by atomic mass is 9.77. The van der Waals surface area contributed by atoms with Crippen molar-refractivity contribution in [1.29, 1.82) is 0 Å². The number of hydrogen-bond acceptors (Lipinski definition) is 3. The zero-order valence-electron chi connectivity index (χ0n) is 7.70. The highest BCUT2D eigenvalue weighted by molar-refractivity contribution is 6.59. The van der Waals surface area contributed by atoms with Gasteiger partial charge in [0.2, 0.25) is 0 Å². The maximum atomic E-state index is 9.03. The van der Waals surface area contributed by atoms with E-state index in [2.05, 4.69) is 5.32 Å². The molecule has 0 saturated carbocycles. The lowest BCUT2D eigenvalue weighted by Crippen LogP contribution is -2.34. The molecule has 0 amide bonds. The minimum atomic E-state index is -1.38. The van der Waals surface area contributed by atoms with Crippen LogP contribution in [0, 0.1) is 0 Å². The molecule has 3 nitrogen and oxygen atoms in total. The normalized spacial score (nSPS) is 10.1. The highest BCUT2D eigenvalue weighted by Gasteiger charge is 2.14. The van der Waals surface area contributed by atoms with Gasteiger partial charge in [0.1, 0.15) is 0 Å². The van der Waals surface area contributed by atoms with Crippen LogP contribution >= 0.6 is 0 Å². The summed E-state index contributed by atoms with van der Waals surface area (Å²) in [6.07, 6.45) is 0. The first-order valence-corrected chi connectivity index (χ1v) is 4.40. The van der Waals surface area contributed by atoms with Crippen molar-refractivity contribution in [1.82, 2.24) is 5.32 Å². The monoisotopic (exact) mass is 179 g/mol. The van der Waals surface area contributed by atoms with Crippen LogP contribution in [0.25, 0.3) is 0 Å². The Labute approximate surface area is 78.6 Å². The maximum Gasteiger partial charge on any atom is 0.488 e. The second-order valence-electron chi connectivity index (χ2n) is 2.85. The van der Waals surface area contributed by atoms with E-state index in [1.54, 1.807) is 12.1 Å². The lowest BCUT2D eigenvalue weighted by Gasteiger charge is -2.08. The molecule has 0 atom stereocenters. The number of benzene rings is 1. The van der Waals surface area contributed by atoms with E-state index in [1.807, 2.05) is 19.1 Å². The Bertz CT molecular complexity index is 266. The third-order valence-electron chi connectivity index (χ3n) is 1.90. The Morgan fingerprint density at radius 3 is 2.62 bits per heavy atom. The molecule has 70 valence electrons. The van der Waals surface area contributed by atoms with Crippen molar-refractivity contribution < 1.29 is 10.0 Å². The van der Waals surface area contributed by atoms with Gasteiger partial charge in [-0.05, 0) is 17.6 Å². The highest BCUT2D eigenvalue weighted by atomic mass is 16.4. The molecule has 0 fully saturated rings. The summed E-state index contributed by atoms with van der Waals surface area (Å²) < 4.78 is 0. The molecule has 0 unspecified atom stereocenters. The largest absolute Gasteiger partial charge is 0.488 e. The summed E-state index contributed by atoms with van der Waals surface area (Å²) in [7, 11) is -1.38. The van der Waals surface area contributed by atoms with Gasteiger partial charge in [-0.3, -0.25) is 0 Å². The van der Waals surface area contributed by atoms with Crippen LogP contribution in [-0.2, 0) is 6.54 Å². The van der Waals surface area contributed by atoms with Crippen molar-refractivity contribution >= 4 is 12.6 Å². The molecule has 0 bridgehead atoms. The van der Waals surface area contributed by atoms with E-state index in [4.69, 9.17) is 10.0 Å². The summed E-state index contributed by atoms with van der Waals surface area (Å²) in [6.45, 7) is 3.55. The van der Waals surface area contributed by atoms with Crippen molar-refractivity contribution in [2.45, 2.75) is 13.5 Å². The first-order valence-electron chi connectivity index (χ1n) is 4.40. The van der Waals surface area contributed by atoms with Crippen LogP contribution in [0.5, 0.6) is 0 Å². The second-order valence-corrected chi connectivity index (χ2v) is 2.85. The molecular weight excluding hydrogens is 165 g/mol. The van der Waals surface area contributed by atoms with E-state index in [9.17, 15) is 0 Å². The first kappa shape index (κ1) is 10.2. The molecule has 3 N–H and O–H groups in total. The molecule has 1 aromatic carbocycles. The predicted molar refractivity (Wildman–Crippen MR) is 53.6 cm³/mol. The molecule has 0 spiro atoms. The quantitative estimate of drug-likeness (QED) is 0.545. The minimum absolute atomic E-state index is 0.573. The molecule has 1 rings (SSSR count).